The molecule has 2 saturated heterocycles. The third-order valence-corrected chi connectivity index (χ3v) is 14.4. The van der Waals surface area contributed by atoms with Crippen LogP contribution >= 0.6 is 0 Å². The van der Waals surface area contributed by atoms with Gasteiger partial charge >= 0.3 is 0 Å². The first-order chi connectivity index (χ1) is 36.0. The lowest BCUT2D eigenvalue weighted by atomic mass is 9.85. The van der Waals surface area contributed by atoms with Gasteiger partial charge in [-0.15, -0.1) is 0 Å². The Balaban J connectivity index is 1.25. The van der Waals surface area contributed by atoms with E-state index in [4.69, 9.17) is 0 Å². The van der Waals surface area contributed by atoms with Gasteiger partial charge in [0.15, 0.2) is 0 Å². The van der Waals surface area contributed by atoms with Crippen LogP contribution in [0.4, 0.5) is 0 Å². The number of aromatic nitrogens is 1. The number of carbonyl (C=O) groups excluding carboxylic acids is 8. The second kappa shape index (κ2) is 27.9. The molecule has 6 atom stereocenters. The molecule has 0 saturated carbocycles. The highest BCUT2D eigenvalue weighted by molar-refractivity contribution is 5.98. The second-order valence-corrected chi connectivity index (χ2v) is 22.2. The number of likely N-dealkylation sites (tertiary alicyclic amines) is 2. The summed E-state index contributed by atoms with van der Waals surface area (Å²) in [7, 11) is 3.36. The number of hydrogen-bond acceptors (Lipinski definition) is 11. The van der Waals surface area contributed by atoms with E-state index >= 15 is 0 Å². The van der Waals surface area contributed by atoms with Gasteiger partial charge in [-0.25, -0.2) is 4.98 Å². The quantitative estimate of drug-likeness (QED) is 0.0764. The molecule has 3 heterocycles. The van der Waals surface area contributed by atoms with Crippen molar-refractivity contribution in [2.75, 3.05) is 66.5 Å². The predicted octanol–water partition coefficient (Wildman–Crippen LogP) is 2.94. The molecule has 0 spiro atoms. The molecule has 3 aromatic rings. The van der Waals surface area contributed by atoms with E-state index in [9.17, 15) is 38.4 Å². The number of nitrogens with zero attached hydrogens (tertiary/aromatic N) is 5. The topological polar surface area (TPSA) is 235 Å². The summed E-state index contributed by atoms with van der Waals surface area (Å²) in [4.78, 5) is 121. The van der Waals surface area contributed by atoms with E-state index in [0.29, 0.717) is 51.9 Å². The zero-order valence-corrected chi connectivity index (χ0v) is 46.4. The van der Waals surface area contributed by atoms with Crippen LogP contribution in [0, 0.1) is 10.8 Å². The Kier molecular flexibility index (Phi) is 22.1. The maximum Gasteiger partial charge on any atom is 0.270 e. The zero-order valence-electron chi connectivity index (χ0n) is 46.4. The number of carbonyl (C=O) groups is 8. The molecule has 0 unspecified atom stereocenters. The van der Waals surface area contributed by atoms with Crippen LogP contribution in [0.25, 0.3) is 0 Å². The number of hydrogen-bond donors (Lipinski definition) is 6. The minimum atomic E-state index is -0.802. The number of amides is 8. The molecule has 2 aliphatic heterocycles. The van der Waals surface area contributed by atoms with Crippen molar-refractivity contribution < 1.29 is 38.4 Å². The molecule has 2 aromatic carbocycles. The largest absolute Gasteiger partial charge is 0.342 e. The van der Waals surface area contributed by atoms with E-state index in [1.54, 1.807) is 47.5 Å². The summed E-state index contributed by atoms with van der Waals surface area (Å²) in [5.74, 6) is -3.13. The average Bonchev–Trinajstić information content (AvgIpc) is 4.09. The lowest BCUT2D eigenvalue weighted by molar-refractivity contribution is -0.142. The molecule has 2 fully saturated rings. The van der Waals surface area contributed by atoms with Crippen molar-refractivity contribution >= 4 is 47.3 Å². The van der Waals surface area contributed by atoms with Crippen molar-refractivity contribution in [2.45, 2.75) is 130 Å². The summed E-state index contributed by atoms with van der Waals surface area (Å²) in [6.07, 6.45) is 3.81. The zero-order chi connectivity index (χ0) is 55.7. The fourth-order valence-electron chi connectivity index (χ4n) is 9.42. The summed E-state index contributed by atoms with van der Waals surface area (Å²) in [6, 6.07) is 20.5. The first-order valence-corrected chi connectivity index (χ1v) is 26.7. The van der Waals surface area contributed by atoms with E-state index in [1.165, 1.54) is 18.2 Å². The number of nitrogens with one attached hydrogen (secondary N) is 6. The average molecular weight is 1050 g/mol. The highest BCUT2D eigenvalue weighted by Crippen LogP contribution is 2.28. The fraction of sp³-hybridized carbons (Fsp3) is 0.561. The van der Waals surface area contributed by atoms with Gasteiger partial charge in [0.2, 0.25) is 35.4 Å². The molecule has 8 amide bonds. The van der Waals surface area contributed by atoms with Crippen LogP contribution in [0.15, 0.2) is 78.9 Å². The first-order valence-electron chi connectivity index (χ1n) is 26.7. The fourth-order valence-corrected chi connectivity index (χ4v) is 9.42. The van der Waals surface area contributed by atoms with E-state index in [2.05, 4.69) is 36.9 Å². The molecule has 5 rings (SSSR count). The van der Waals surface area contributed by atoms with Gasteiger partial charge in [-0.2, -0.15) is 0 Å². The third kappa shape index (κ3) is 17.1. The highest BCUT2D eigenvalue weighted by atomic mass is 16.2. The molecule has 0 aliphatic carbocycles. The Bertz CT molecular complexity index is 2300. The van der Waals surface area contributed by atoms with E-state index < -0.39 is 46.8 Å². The van der Waals surface area contributed by atoms with Gasteiger partial charge in [-0.3, -0.25) is 38.4 Å². The van der Waals surface area contributed by atoms with Crippen LogP contribution in [-0.2, 0) is 41.6 Å². The maximum atomic E-state index is 14.2. The van der Waals surface area contributed by atoms with Gasteiger partial charge in [-0.1, -0.05) is 108 Å². The Morgan fingerprint density at radius 1 is 0.566 bits per heavy atom. The summed E-state index contributed by atoms with van der Waals surface area (Å²) in [5, 5.41) is 17.1. The van der Waals surface area contributed by atoms with Crippen LogP contribution in [0.1, 0.15) is 113 Å². The Morgan fingerprint density at radius 3 is 1.28 bits per heavy atom. The van der Waals surface area contributed by atoms with Crippen molar-refractivity contribution in [3.8, 4) is 0 Å². The second-order valence-electron chi connectivity index (χ2n) is 22.2. The van der Waals surface area contributed by atoms with Gasteiger partial charge in [0.05, 0.1) is 25.2 Å². The normalized spacial score (nSPS) is 17.2. The Hall–Kier alpha value is -6.73. The van der Waals surface area contributed by atoms with Crippen LogP contribution < -0.4 is 31.9 Å². The SMILES string of the molecule is CN[C@@H](C)C(=O)N[C@H](C(=O)N1CCC[C@@H]1CN(CCc1ccccc1)C(=O)CNC(=O)c1cccc(C(=O)NCC(=O)N(CCc2ccccc2)C[C@@H]2CCCN2C(=O)[C@@H](NC(=O)[C@H](C)NC)C(C)(C)C)n1)C(C)(C)C. The molecule has 0 radical (unpaired) electrons. The molecule has 1 aromatic heterocycles. The highest BCUT2D eigenvalue weighted by Gasteiger charge is 2.42. The number of rotatable bonds is 24. The standard InChI is InChI=1S/C57H83N11O8/c1-38(58-9)50(71)63-48(56(3,4)5)54(75)67-30-18-24-42(67)36-65(32-28-40-20-13-11-14-21-40)46(69)34-60-52(73)44-26-17-27-45(62-44)53(74)61-35-47(70)66(33-29-41-22-15-12-16-23-41)37-43-25-19-31-68(43)55(76)49(57(6,7)8)64-51(72)39(2)59-10/h11-17,20-23,26-27,38-39,42-43,48-49,58-59H,18-19,24-25,28-37H2,1-10H3,(H,60,73)(H,61,74)(H,63,71)(H,64,72)/t38-,39-,42-,43+,48+,49+/m0/s1. The molecular weight excluding hydrogens is 967 g/mol. The van der Waals surface area contributed by atoms with Crippen molar-refractivity contribution in [1.82, 2.24) is 56.5 Å². The minimum Gasteiger partial charge on any atom is -0.342 e. The van der Waals surface area contributed by atoms with Crippen molar-refractivity contribution in [2.24, 2.45) is 10.8 Å². The predicted molar refractivity (Wildman–Crippen MR) is 292 cm³/mol. The van der Waals surface area contributed by atoms with Crippen LogP contribution in [0.2, 0.25) is 0 Å². The summed E-state index contributed by atoms with van der Waals surface area (Å²) >= 11 is 0. The molecule has 0 bridgehead atoms. The monoisotopic (exact) mass is 1050 g/mol. The molecule has 19 heteroatoms. The summed E-state index contributed by atoms with van der Waals surface area (Å²) in [6.45, 7) is 16.1. The summed E-state index contributed by atoms with van der Waals surface area (Å²) < 4.78 is 0. The molecule has 6 N–H and O–H groups in total. The van der Waals surface area contributed by atoms with Crippen molar-refractivity contribution in [3.05, 3.63) is 101 Å². The van der Waals surface area contributed by atoms with E-state index in [-0.39, 0.29) is 85.1 Å². The van der Waals surface area contributed by atoms with Gasteiger partial charge in [-0.05, 0) is 101 Å². The van der Waals surface area contributed by atoms with Crippen molar-refractivity contribution in [3.63, 3.8) is 0 Å². The Morgan fingerprint density at radius 2 is 0.934 bits per heavy atom. The van der Waals surface area contributed by atoms with Crippen LogP contribution in [-0.4, -0.2) is 175 Å². The molecule has 414 valence electrons. The molecule has 76 heavy (non-hydrogen) atoms. The van der Waals surface area contributed by atoms with Gasteiger partial charge < -0.3 is 51.5 Å². The number of pyridine rings is 1. The van der Waals surface area contributed by atoms with E-state index in [1.807, 2.05) is 102 Å². The lowest BCUT2D eigenvalue weighted by Gasteiger charge is -2.37. The summed E-state index contributed by atoms with van der Waals surface area (Å²) in [5.41, 5.74) is 0.608. The third-order valence-electron chi connectivity index (χ3n) is 14.4. The molecular formula is C57H83N11O8. The number of likely N-dealkylation sites (N-methyl/N-ethyl adjacent to an activating group) is 2. The number of benzene rings is 2. The van der Waals surface area contributed by atoms with Gasteiger partial charge in [0.1, 0.15) is 23.5 Å². The van der Waals surface area contributed by atoms with Gasteiger partial charge in [0.25, 0.3) is 11.8 Å². The van der Waals surface area contributed by atoms with Gasteiger partial charge in [0, 0.05) is 51.4 Å². The van der Waals surface area contributed by atoms with Crippen molar-refractivity contribution in [1.29, 1.82) is 0 Å². The van der Waals surface area contributed by atoms with Crippen LogP contribution in [0.3, 0.4) is 0 Å². The maximum absolute atomic E-state index is 14.2. The Labute approximate surface area is 449 Å². The smallest absolute Gasteiger partial charge is 0.270 e. The van der Waals surface area contributed by atoms with Crippen LogP contribution in [0.5, 0.6) is 0 Å². The van der Waals surface area contributed by atoms with E-state index in [0.717, 1.165) is 24.0 Å². The molecule has 19 nitrogen and oxygen atoms in total. The first kappa shape index (κ1) is 60.1. The minimum absolute atomic E-state index is 0.112. The molecule has 2 aliphatic rings. The lowest BCUT2D eigenvalue weighted by Crippen LogP contribution is -2.59.